The summed E-state index contributed by atoms with van der Waals surface area (Å²) in [5.41, 5.74) is 0. The molecule has 1 rings (SSSR count). The number of hydrogen-bond acceptors (Lipinski definition) is 3. The Labute approximate surface area is 76.3 Å². The van der Waals surface area contributed by atoms with Crippen molar-refractivity contribution in [1.82, 2.24) is 0 Å². The average Bonchev–Trinajstić information content (AvgIpc) is 2.16. The third-order valence-corrected chi connectivity index (χ3v) is 1.44. The molecule has 0 spiro atoms. The Morgan fingerprint density at radius 1 is 1.31 bits per heavy atom. The van der Waals surface area contributed by atoms with E-state index >= 15 is 0 Å². The number of benzene rings is 1. The molecule has 1 aromatic carbocycles. The molecule has 0 heterocycles. The van der Waals surface area contributed by atoms with Crippen LogP contribution in [-0.2, 0) is 9.59 Å². The van der Waals surface area contributed by atoms with Gasteiger partial charge in [-0.2, -0.15) is 0 Å². The van der Waals surface area contributed by atoms with E-state index in [9.17, 15) is 9.59 Å². The zero-order chi connectivity index (χ0) is 9.52. The lowest BCUT2D eigenvalue weighted by molar-refractivity contribution is -0.135. The van der Waals surface area contributed by atoms with Crippen molar-refractivity contribution < 1.29 is 14.3 Å². The Kier molecular flexibility index (Phi) is 3.70. The number of esters is 1. The van der Waals surface area contributed by atoms with Crippen LogP contribution in [0.3, 0.4) is 0 Å². The largest absolute Gasteiger partial charge is 0.427 e. The number of carbonyl (C=O) groups is 2. The molecule has 0 radical (unpaired) electrons. The molecule has 3 heteroatoms. The maximum atomic E-state index is 11.0. The average molecular weight is 178 g/mol. The van der Waals surface area contributed by atoms with Crippen LogP contribution < -0.4 is 4.74 Å². The minimum absolute atomic E-state index is 0.137. The topological polar surface area (TPSA) is 43.4 Å². The van der Waals surface area contributed by atoms with E-state index in [1.54, 1.807) is 24.3 Å². The zero-order valence-corrected chi connectivity index (χ0v) is 7.10. The van der Waals surface area contributed by atoms with Crippen LogP contribution in [0.2, 0.25) is 0 Å². The monoisotopic (exact) mass is 178 g/mol. The summed E-state index contributed by atoms with van der Waals surface area (Å²) in [5, 5.41) is 0. The van der Waals surface area contributed by atoms with Gasteiger partial charge in [-0.25, -0.2) is 0 Å². The minimum atomic E-state index is -0.377. The van der Waals surface area contributed by atoms with Crippen LogP contribution in [-0.4, -0.2) is 12.3 Å². The summed E-state index contributed by atoms with van der Waals surface area (Å²) in [7, 11) is 0. The fourth-order valence-electron chi connectivity index (χ4n) is 0.848. The van der Waals surface area contributed by atoms with Crippen molar-refractivity contribution in [3.63, 3.8) is 0 Å². The van der Waals surface area contributed by atoms with Gasteiger partial charge in [0.15, 0.2) is 0 Å². The molecule has 0 N–H and O–H groups in total. The Bertz CT molecular complexity index is 279. The van der Waals surface area contributed by atoms with Crippen LogP contribution in [0.25, 0.3) is 0 Å². The smallest absolute Gasteiger partial charge is 0.311 e. The molecule has 0 bridgehead atoms. The highest BCUT2D eigenvalue weighted by Crippen LogP contribution is 2.09. The van der Waals surface area contributed by atoms with Gasteiger partial charge in [0, 0.05) is 6.42 Å². The van der Waals surface area contributed by atoms with Crippen molar-refractivity contribution in [2.24, 2.45) is 0 Å². The molecular weight excluding hydrogens is 168 g/mol. The zero-order valence-electron chi connectivity index (χ0n) is 7.10. The van der Waals surface area contributed by atoms with Gasteiger partial charge in [0.2, 0.25) is 0 Å². The number of rotatable bonds is 4. The molecule has 0 fully saturated rings. The molecule has 0 aromatic heterocycles. The number of hydrogen-bond donors (Lipinski definition) is 0. The predicted molar refractivity (Wildman–Crippen MR) is 47.4 cm³/mol. The molecule has 13 heavy (non-hydrogen) atoms. The maximum absolute atomic E-state index is 11.0. The van der Waals surface area contributed by atoms with Gasteiger partial charge in [-0.15, -0.1) is 0 Å². The number of carbonyl (C=O) groups excluding carboxylic acids is 2. The quantitative estimate of drug-likeness (QED) is 0.399. The van der Waals surface area contributed by atoms with Gasteiger partial charge in [-0.05, 0) is 12.1 Å². The normalized spacial score (nSPS) is 9.23. The first kappa shape index (κ1) is 9.45. The molecule has 0 unspecified atom stereocenters. The third-order valence-electron chi connectivity index (χ3n) is 1.44. The molecule has 0 aliphatic heterocycles. The van der Waals surface area contributed by atoms with Gasteiger partial charge in [0.1, 0.15) is 12.0 Å². The fourth-order valence-corrected chi connectivity index (χ4v) is 0.848. The van der Waals surface area contributed by atoms with E-state index in [0.717, 1.165) is 0 Å². The van der Waals surface area contributed by atoms with Crippen LogP contribution in [0.4, 0.5) is 0 Å². The lowest BCUT2D eigenvalue weighted by Gasteiger charge is -2.01. The standard InChI is InChI=1S/C10H10O3/c11-8-4-7-10(12)13-9-5-2-1-3-6-9/h1-3,5-6,8H,4,7H2. The van der Waals surface area contributed by atoms with Crippen LogP contribution in [0.5, 0.6) is 5.75 Å². The molecule has 3 nitrogen and oxygen atoms in total. The van der Waals surface area contributed by atoms with E-state index in [0.29, 0.717) is 12.0 Å². The number of para-hydroxylation sites is 1. The molecule has 1 aromatic rings. The van der Waals surface area contributed by atoms with Crippen LogP contribution in [0.15, 0.2) is 30.3 Å². The van der Waals surface area contributed by atoms with Gasteiger partial charge < -0.3 is 9.53 Å². The molecule has 0 amide bonds. The SMILES string of the molecule is O=CCCC(=O)Oc1ccccc1. The summed E-state index contributed by atoms with van der Waals surface area (Å²) < 4.78 is 4.92. The van der Waals surface area contributed by atoms with E-state index in [1.165, 1.54) is 0 Å². The Balaban J connectivity index is 2.41. The molecule has 0 aliphatic rings. The van der Waals surface area contributed by atoms with Gasteiger partial charge >= 0.3 is 5.97 Å². The summed E-state index contributed by atoms with van der Waals surface area (Å²) >= 11 is 0. The van der Waals surface area contributed by atoms with Gasteiger partial charge in [-0.1, -0.05) is 18.2 Å². The Morgan fingerprint density at radius 2 is 2.00 bits per heavy atom. The maximum Gasteiger partial charge on any atom is 0.311 e. The lowest BCUT2D eigenvalue weighted by atomic mass is 10.3. The second kappa shape index (κ2) is 5.09. The highest BCUT2D eigenvalue weighted by molar-refractivity contribution is 5.74. The summed E-state index contributed by atoms with van der Waals surface area (Å²) in [6.45, 7) is 0. The van der Waals surface area contributed by atoms with Crippen molar-refractivity contribution in [3.8, 4) is 5.75 Å². The first-order valence-corrected chi connectivity index (χ1v) is 4.02. The van der Waals surface area contributed by atoms with Crippen molar-refractivity contribution in [2.45, 2.75) is 12.8 Å². The van der Waals surface area contributed by atoms with Gasteiger partial charge in [0.25, 0.3) is 0 Å². The lowest BCUT2D eigenvalue weighted by Crippen LogP contribution is -2.07. The predicted octanol–water partition coefficient (Wildman–Crippen LogP) is 1.57. The highest BCUT2D eigenvalue weighted by Gasteiger charge is 2.02. The van der Waals surface area contributed by atoms with Gasteiger partial charge in [-0.3, -0.25) is 4.79 Å². The van der Waals surface area contributed by atoms with Crippen LogP contribution in [0, 0.1) is 0 Å². The van der Waals surface area contributed by atoms with Crippen molar-refractivity contribution in [1.29, 1.82) is 0 Å². The molecule has 0 saturated carbocycles. The number of aldehydes is 1. The summed E-state index contributed by atoms with van der Waals surface area (Å²) in [4.78, 5) is 20.9. The summed E-state index contributed by atoms with van der Waals surface area (Å²) in [6, 6.07) is 8.78. The van der Waals surface area contributed by atoms with Crippen LogP contribution in [0.1, 0.15) is 12.8 Å². The Hall–Kier alpha value is -1.64. The molecule has 0 atom stereocenters. The van der Waals surface area contributed by atoms with E-state index in [2.05, 4.69) is 0 Å². The summed E-state index contributed by atoms with van der Waals surface area (Å²) in [6.07, 6.45) is 1.05. The fraction of sp³-hybridized carbons (Fsp3) is 0.200. The molecule has 0 aliphatic carbocycles. The van der Waals surface area contributed by atoms with E-state index in [-0.39, 0.29) is 18.8 Å². The van der Waals surface area contributed by atoms with Crippen LogP contribution >= 0.6 is 0 Å². The van der Waals surface area contributed by atoms with Gasteiger partial charge in [0.05, 0.1) is 6.42 Å². The number of ether oxygens (including phenoxy) is 1. The first-order valence-electron chi connectivity index (χ1n) is 4.02. The minimum Gasteiger partial charge on any atom is -0.427 e. The Morgan fingerprint density at radius 3 is 2.62 bits per heavy atom. The van der Waals surface area contributed by atoms with Crippen molar-refractivity contribution in [3.05, 3.63) is 30.3 Å². The third kappa shape index (κ3) is 3.51. The first-order chi connectivity index (χ1) is 6.33. The highest BCUT2D eigenvalue weighted by atomic mass is 16.5. The van der Waals surface area contributed by atoms with E-state index in [1.807, 2.05) is 6.07 Å². The molecular formula is C10H10O3. The van der Waals surface area contributed by atoms with E-state index in [4.69, 9.17) is 4.74 Å². The van der Waals surface area contributed by atoms with E-state index < -0.39 is 0 Å². The second-order valence-electron chi connectivity index (χ2n) is 2.49. The van der Waals surface area contributed by atoms with Crippen molar-refractivity contribution >= 4 is 12.3 Å². The molecule has 0 saturated heterocycles. The van der Waals surface area contributed by atoms with Crippen molar-refractivity contribution in [2.75, 3.05) is 0 Å². The molecule has 68 valence electrons. The second-order valence-corrected chi connectivity index (χ2v) is 2.49. The summed E-state index contributed by atoms with van der Waals surface area (Å²) in [5.74, 6) is 0.136.